The average molecular weight is 352 g/mol. The molecule has 2 aromatic rings. The largest absolute Gasteiger partial charge is 0.372 e. The van der Waals surface area contributed by atoms with Gasteiger partial charge in [0, 0.05) is 31.0 Å². The Labute approximate surface area is 155 Å². The van der Waals surface area contributed by atoms with Gasteiger partial charge in [-0.05, 0) is 55.7 Å². The molecule has 5 nitrogen and oxygen atoms in total. The van der Waals surface area contributed by atoms with Crippen molar-refractivity contribution < 1.29 is 4.79 Å². The number of pyridine rings is 1. The van der Waals surface area contributed by atoms with Crippen LogP contribution in [0, 0.1) is 0 Å². The summed E-state index contributed by atoms with van der Waals surface area (Å²) < 4.78 is 0. The number of hydrogen-bond acceptors (Lipinski definition) is 4. The molecule has 26 heavy (non-hydrogen) atoms. The standard InChI is InChI=1S/C21H28N4O/c1-2-3-4-13-22-21(26)20-12-9-18(16-23-20)24-17-7-10-19(11-8-17)25-14-5-6-15-25/h7-12,16,24H,2-6,13-15H2,1H3,(H,22,26). The van der Waals surface area contributed by atoms with E-state index in [9.17, 15) is 4.79 Å². The molecule has 0 spiro atoms. The highest BCUT2D eigenvalue weighted by Gasteiger charge is 2.12. The summed E-state index contributed by atoms with van der Waals surface area (Å²) in [5, 5.41) is 6.24. The van der Waals surface area contributed by atoms with Crippen molar-refractivity contribution in [1.82, 2.24) is 10.3 Å². The van der Waals surface area contributed by atoms with Crippen molar-refractivity contribution in [2.75, 3.05) is 29.9 Å². The minimum absolute atomic E-state index is 0.109. The first-order valence-corrected chi connectivity index (χ1v) is 9.62. The van der Waals surface area contributed by atoms with Gasteiger partial charge in [0.1, 0.15) is 5.69 Å². The van der Waals surface area contributed by atoms with E-state index in [2.05, 4.69) is 51.7 Å². The molecule has 0 unspecified atom stereocenters. The maximum Gasteiger partial charge on any atom is 0.269 e. The van der Waals surface area contributed by atoms with Gasteiger partial charge in [0.15, 0.2) is 0 Å². The molecule has 1 fully saturated rings. The molecule has 0 aliphatic carbocycles. The van der Waals surface area contributed by atoms with Crippen molar-refractivity contribution in [1.29, 1.82) is 0 Å². The summed E-state index contributed by atoms with van der Waals surface area (Å²) in [5.74, 6) is -0.109. The van der Waals surface area contributed by atoms with E-state index in [1.807, 2.05) is 6.07 Å². The van der Waals surface area contributed by atoms with Crippen LogP contribution in [0.1, 0.15) is 49.5 Å². The number of aromatic nitrogens is 1. The van der Waals surface area contributed by atoms with Crippen LogP contribution in [-0.2, 0) is 0 Å². The van der Waals surface area contributed by atoms with Crippen LogP contribution >= 0.6 is 0 Å². The highest BCUT2D eigenvalue weighted by molar-refractivity contribution is 5.92. The number of hydrogen-bond donors (Lipinski definition) is 2. The number of amides is 1. The van der Waals surface area contributed by atoms with Gasteiger partial charge in [0.05, 0.1) is 11.9 Å². The van der Waals surface area contributed by atoms with Crippen molar-refractivity contribution >= 4 is 23.0 Å². The lowest BCUT2D eigenvalue weighted by Crippen LogP contribution is -2.25. The van der Waals surface area contributed by atoms with E-state index in [0.29, 0.717) is 12.2 Å². The van der Waals surface area contributed by atoms with Crippen molar-refractivity contribution in [3.05, 3.63) is 48.3 Å². The molecule has 1 amide bonds. The maximum atomic E-state index is 12.0. The molecule has 1 aromatic carbocycles. The summed E-state index contributed by atoms with van der Waals surface area (Å²) in [6, 6.07) is 12.1. The Kier molecular flexibility index (Phi) is 6.47. The Morgan fingerprint density at radius 3 is 2.42 bits per heavy atom. The van der Waals surface area contributed by atoms with E-state index in [4.69, 9.17) is 0 Å². The zero-order valence-electron chi connectivity index (χ0n) is 15.5. The molecule has 1 aliphatic rings. The number of anilines is 3. The van der Waals surface area contributed by atoms with Gasteiger partial charge in [-0.2, -0.15) is 0 Å². The summed E-state index contributed by atoms with van der Waals surface area (Å²) >= 11 is 0. The zero-order chi connectivity index (χ0) is 18.2. The highest BCUT2D eigenvalue weighted by Crippen LogP contribution is 2.23. The molecule has 1 aromatic heterocycles. The molecule has 0 bridgehead atoms. The van der Waals surface area contributed by atoms with Gasteiger partial charge in [-0.3, -0.25) is 4.79 Å². The summed E-state index contributed by atoms with van der Waals surface area (Å²) in [6.45, 7) is 5.16. The Hall–Kier alpha value is -2.56. The predicted octanol–water partition coefficient (Wildman–Crippen LogP) is 4.35. The first-order valence-electron chi connectivity index (χ1n) is 9.62. The van der Waals surface area contributed by atoms with Crippen LogP contribution in [0.15, 0.2) is 42.6 Å². The minimum atomic E-state index is -0.109. The third-order valence-corrected chi connectivity index (χ3v) is 4.69. The van der Waals surface area contributed by atoms with Crippen LogP contribution in [0.2, 0.25) is 0 Å². The Balaban J connectivity index is 1.52. The van der Waals surface area contributed by atoms with Gasteiger partial charge in [0.25, 0.3) is 5.91 Å². The van der Waals surface area contributed by atoms with Crippen molar-refractivity contribution in [2.45, 2.75) is 39.0 Å². The smallest absolute Gasteiger partial charge is 0.269 e. The fourth-order valence-electron chi connectivity index (χ4n) is 3.17. The fourth-order valence-corrected chi connectivity index (χ4v) is 3.17. The molecule has 2 heterocycles. The van der Waals surface area contributed by atoms with Crippen LogP contribution in [0.4, 0.5) is 17.1 Å². The lowest BCUT2D eigenvalue weighted by atomic mass is 10.2. The number of benzene rings is 1. The van der Waals surface area contributed by atoms with E-state index in [0.717, 1.165) is 43.7 Å². The number of carbonyl (C=O) groups excluding carboxylic acids is 1. The quantitative estimate of drug-likeness (QED) is 0.694. The molecule has 138 valence electrons. The van der Waals surface area contributed by atoms with Gasteiger partial charge in [-0.1, -0.05) is 19.8 Å². The molecule has 0 radical (unpaired) electrons. The summed E-state index contributed by atoms with van der Waals surface area (Å²) in [6.07, 6.45) is 7.56. The Bertz CT molecular complexity index is 691. The molecule has 5 heteroatoms. The highest BCUT2D eigenvalue weighted by atomic mass is 16.1. The first-order chi connectivity index (χ1) is 12.8. The molecule has 3 rings (SSSR count). The number of nitrogens with one attached hydrogen (secondary N) is 2. The van der Waals surface area contributed by atoms with Gasteiger partial charge >= 0.3 is 0 Å². The zero-order valence-corrected chi connectivity index (χ0v) is 15.5. The third-order valence-electron chi connectivity index (χ3n) is 4.69. The first kappa shape index (κ1) is 18.2. The van der Waals surface area contributed by atoms with Crippen molar-refractivity contribution in [3.63, 3.8) is 0 Å². The van der Waals surface area contributed by atoms with Gasteiger partial charge < -0.3 is 15.5 Å². The summed E-state index contributed by atoms with van der Waals surface area (Å²) in [7, 11) is 0. The normalized spacial score (nSPS) is 13.7. The molecule has 1 aliphatic heterocycles. The Morgan fingerprint density at radius 2 is 1.77 bits per heavy atom. The van der Waals surface area contributed by atoms with Gasteiger partial charge in [0.2, 0.25) is 0 Å². The molecule has 0 atom stereocenters. The summed E-state index contributed by atoms with van der Waals surface area (Å²) in [4.78, 5) is 18.7. The molecule has 1 saturated heterocycles. The molecule has 0 saturated carbocycles. The predicted molar refractivity (Wildman–Crippen MR) is 107 cm³/mol. The fraction of sp³-hybridized carbons (Fsp3) is 0.429. The molecule has 2 N–H and O–H groups in total. The van der Waals surface area contributed by atoms with E-state index < -0.39 is 0 Å². The lowest BCUT2D eigenvalue weighted by Gasteiger charge is -2.18. The Morgan fingerprint density at radius 1 is 1.04 bits per heavy atom. The average Bonchev–Trinajstić information content (AvgIpc) is 3.21. The van der Waals surface area contributed by atoms with E-state index >= 15 is 0 Å². The monoisotopic (exact) mass is 352 g/mol. The molecular formula is C21H28N4O. The van der Waals surface area contributed by atoms with Crippen LogP contribution < -0.4 is 15.5 Å². The second kappa shape index (κ2) is 9.22. The van der Waals surface area contributed by atoms with Crippen LogP contribution in [-0.4, -0.2) is 30.5 Å². The van der Waals surface area contributed by atoms with Crippen LogP contribution in [0.5, 0.6) is 0 Å². The van der Waals surface area contributed by atoms with E-state index in [1.54, 1.807) is 12.3 Å². The maximum absolute atomic E-state index is 12.0. The summed E-state index contributed by atoms with van der Waals surface area (Å²) in [5.41, 5.74) is 3.63. The van der Waals surface area contributed by atoms with Crippen molar-refractivity contribution in [2.24, 2.45) is 0 Å². The number of rotatable bonds is 8. The second-order valence-electron chi connectivity index (χ2n) is 6.76. The number of unbranched alkanes of at least 4 members (excludes halogenated alkanes) is 2. The topological polar surface area (TPSA) is 57.3 Å². The van der Waals surface area contributed by atoms with Gasteiger partial charge in [-0.15, -0.1) is 0 Å². The second-order valence-corrected chi connectivity index (χ2v) is 6.76. The van der Waals surface area contributed by atoms with E-state index in [-0.39, 0.29) is 5.91 Å². The van der Waals surface area contributed by atoms with Crippen LogP contribution in [0.25, 0.3) is 0 Å². The van der Waals surface area contributed by atoms with Crippen molar-refractivity contribution in [3.8, 4) is 0 Å². The third kappa shape index (κ3) is 4.97. The lowest BCUT2D eigenvalue weighted by molar-refractivity contribution is 0.0948. The number of nitrogens with zero attached hydrogens (tertiary/aromatic N) is 2. The van der Waals surface area contributed by atoms with Crippen LogP contribution in [0.3, 0.4) is 0 Å². The number of carbonyl (C=O) groups is 1. The van der Waals surface area contributed by atoms with Gasteiger partial charge in [-0.25, -0.2) is 4.98 Å². The minimum Gasteiger partial charge on any atom is -0.372 e. The molecular weight excluding hydrogens is 324 g/mol. The SMILES string of the molecule is CCCCCNC(=O)c1ccc(Nc2ccc(N3CCCC3)cc2)cn1. The van der Waals surface area contributed by atoms with E-state index in [1.165, 1.54) is 18.5 Å².